The van der Waals surface area contributed by atoms with Gasteiger partial charge in [-0.1, -0.05) is 12.1 Å². The lowest BCUT2D eigenvalue weighted by Gasteiger charge is -2.29. The number of nitrogens with zero attached hydrogens (tertiary/aromatic N) is 1. The second kappa shape index (κ2) is 5.26. The molecule has 0 saturated carbocycles. The highest BCUT2D eigenvalue weighted by Crippen LogP contribution is 2.31. The lowest BCUT2D eigenvalue weighted by molar-refractivity contribution is 0.0871. The van der Waals surface area contributed by atoms with Gasteiger partial charge in [-0.3, -0.25) is 4.90 Å². The van der Waals surface area contributed by atoms with Crippen molar-refractivity contribution >= 4 is 0 Å². The van der Waals surface area contributed by atoms with Gasteiger partial charge in [0.25, 0.3) is 0 Å². The Bertz CT molecular complexity index is 479. The average Bonchev–Trinajstić information content (AvgIpc) is 3.08. The molecule has 0 aliphatic carbocycles. The fourth-order valence-electron chi connectivity index (χ4n) is 3.77. The summed E-state index contributed by atoms with van der Waals surface area (Å²) in [5, 5.41) is 3.71. The zero-order chi connectivity index (χ0) is 13.4. The topological polar surface area (TPSA) is 33.7 Å². The molecule has 0 spiro atoms. The van der Waals surface area contributed by atoms with Gasteiger partial charge in [-0.05, 0) is 37.9 Å². The Labute approximate surface area is 120 Å². The van der Waals surface area contributed by atoms with Crippen LogP contribution >= 0.6 is 0 Å². The van der Waals surface area contributed by atoms with Gasteiger partial charge in [0.2, 0.25) is 0 Å². The molecule has 4 nitrogen and oxygen atoms in total. The molecule has 3 aliphatic heterocycles. The van der Waals surface area contributed by atoms with Crippen LogP contribution in [0, 0.1) is 0 Å². The molecule has 108 valence electrons. The van der Waals surface area contributed by atoms with E-state index in [-0.39, 0.29) is 6.10 Å². The van der Waals surface area contributed by atoms with Gasteiger partial charge in [0.1, 0.15) is 12.7 Å². The van der Waals surface area contributed by atoms with E-state index in [9.17, 15) is 0 Å². The molecule has 0 bridgehead atoms. The second-order valence-corrected chi connectivity index (χ2v) is 6.05. The van der Waals surface area contributed by atoms with Crippen LogP contribution in [0.2, 0.25) is 0 Å². The maximum Gasteiger partial charge on any atom is 0.161 e. The third kappa shape index (κ3) is 2.27. The van der Waals surface area contributed by atoms with Gasteiger partial charge in [0.05, 0.1) is 0 Å². The largest absolute Gasteiger partial charge is 0.486 e. The van der Waals surface area contributed by atoms with Gasteiger partial charge >= 0.3 is 0 Å². The monoisotopic (exact) mass is 274 g/mol. The number of hydrogen-bond acceptors (Lipinski definition) is 4. The van der Waals surface area contributed by atoms with Crippen molar-refractivity contribution in [2.24, 2.45) is 0 Å². The molecular formula is C16H22N2O2. The molecule has 1 aromatic carbocycles. The Kier molecular flexibility index (Phi) is 3.28. The summed E-state index contributed by atoms with van der Waals surface area (Å²) in [5.41, 5.74) is 0. The maximum atomic E-state index is 6.00. The number of fused-ring (bicyclic) bond motifs is 2. The van der Waals surface area contributed by atoms with Crippen LogP contribution in [0.15, 0.2) is 24.3 Å². The van der Waals surface area contributed by atoms with Gasteiger partial charge < -0.3 is 14.8 Å². The van der Waals surface area contributed by atoms with Gasteiger partial charge in [-0.25, -0.2) is 0 Å². The number of ether oxygens (including phenoxy) is 2. The molecule has 0 aromatic heterocycles. The van der Waals surface area contributed by atoms with Crippen LogP contribution in [0.25, 0.3) is 0 Å². The summed E-state index contributed by atoms with van der Waals surface area (Å²) < 4.78 is 11.8. The third-order valence-electron chi connectivity index (χ3n) is 4.78. The fourth-order valence-corrected chi connectivity index (χ4v) is 3.77. The van der Waals surface area contributed by atoms with Gasteiger partial charge in [-0.2, -0.15) is 0 Å². The van der Waals surface area contributed by atoms with E-state index in [0.29, 0.717) is 12.6 Å². The van der Waals surface area contributed by atoms with Crippen molar-refractivity contribution in [3.05, 3.63) is 24.3 Å². The van der Waals surface area contributed by atoms with Crippen molar-refractivity contribution < 1.29 is 9.47 Å². The number of para-hydroxylation sites is 2. The molecule has 3 heterocycles. The normalized spacial score (nSPS) is 32.3. The van der Waals surface area contributed by atoms with Gasteiger partial charge in [-0.15, -0.1) is 0 Å². The summed E-state index contributed by atoms with van der Waals surface area (Å²) in [6, 6.07) is 9.31. The smallest absolute Gasteiger partial charge is 0.161 e. The van der Waals surface area contributed by atoms with E-state index in [1.807, 2.05) is 24.3 Å². The zero-order valence-electron chi connectivity index (χ0n) is 11.8. The molecule has 4 rings (SSSR count). The van der Waals surface area contributed by atoms with E-state index in [2.05, 4.69) is 10.2 Å². The second-order valence-electron chi connectivity index (χ2n) is 6.05. The van der Waals surface area contributed by atoms with E-state index in [1.54, 1.807) is 0 Å². The van der Waals surface area contributed by atoms with E-state index in [4.69, 9.17) is 9.47 Å². The predicted molar refractivity (Wildman–Crippen MR) is 77.4 cm³/mol. The first-order valence-electron chi connectivity index (χ1n) is 7.76. The minimum Gasteiger partial charge on any atom is -0.486 e. The molecule has 3 unspecified atom stereocenters. The number of benzene rings is 1. The summed E-state index contributed by atoms with van der Waals surface area (Å²) in [5.74, 6) is 1.74. The fraction of sp³-hybridized carbons (Fsp3) is 0.625. The SMILES string of the molecule is c1ccc2c(c1)OCC(CNC1CCN3CCCC13)O2. The highest BCUT2D eigenvalue weighted by Gasteiger charge is 2.37. The lowest BCUT2D eigenvalue weighted by atomic mass is 10.1. The number of rotatable bonds is 3. The average molecular weight is 274 g/mol. The predicted octanol–water partition coefficient (Wildman–Crippen LogP) is 1.65. The molecule has 0 radical (unpaired) electrons. The summed E-state index contributed by atoms with van der Waals surface area (Å²) in [6.45, 7) is 4.07. The third-order valence-corrected chi connectivity index (χ3v) is 4.78. The Morgan fingerprint density at radius 2 is 2.05 bits per heavy atom. The molecule has 1 aromatic rings. The summed E-state index contributed by atoms with van der Waals surface area (Å²) >= 11 is 0. The number of nitrogens with one attached hydrogen (secondary N) is 1. The highest BCUT2D eigenvalue weighted by molar-refractivity contribution is 5.40. The van der Waals surface area contributed by atoms with E-state index in [1.165, 1.54) is 32.4 Å². The van der Waals surface area contributed by atoms with Crippen molar-refractivity contribution in [2.75, 3.05) is 26.2 Å². The first-order chi connectivity index (χ1) is 9.90. The van der Waals surface area contributed by atoms with Crippen molar-refractivity contribution in [3.63, 3.8) is 0 Å². The van der Waals surface area contributed by atoms with E-state index >= 15 is 0 Å². The quantitative estimate of drug-likeness (QED) is 0.909. The van der Waals surface area contributed by atoms with Crippen LogP contribution in [-0.2, 0) is 0 Å². The van der Waals surface area contributed by atoms with Gasteiger partial charge in [0.15, 0.2) is 11.5 Å². The molecule has 4 heteroatoms. The Morgan fingerprint density at radius 1 is 1.15 bits per heavy atom. The number of hydrogen-bond donors (Lipinski definition) is 1. The molecule has 3 aliphatic rings. The van der Waals surface area contributed by atoms with Crippen LogP contribution in [0.1, 0.15) is 19.3 Å². The Morgan fingerprint density at radius 3 is 3.00 bits per heavy atom. The molecular weight excluding hydrogens is 252 g/mol. The van der Waals surface area contributed by atoms with Crippen LogP contribution in [-0.4, -0.2) is 49.3 Å². The van der Waals surface area contributed by atoms with Crippen LogP contribution < -0.4 is 14.8 Å². The van der Waals surface area contributed by atoms with Crippen molar-refractivity contribution in [1.82, 2.24) is 10.2 Å². The molecule has 3 atom stereocenters. The standard InChI is InChI=1S/C16H22N2O2/c1-2-6-16-15(5-1)19-11-12(20-16)10-17-13-7-9-18-8-3-4-14(13)18/h1-2,5-6,12-14,17H,3-4,7-11H2. The van der Waals surface area contributed by atoms with Crippen LogP contribution in [0.5, 0.6) is 11.5 Å². The first kappa shape index (κ1) is 12.5. The summed E-state index contributed by atoms with van der Waals surface area (Å²) in [4.78, 5) is 2.63. The van der Waals surface area contributed by atoms with E-state index in [0.717, 1.165) is 24.1 Å². The summed E-state index contributed by atoms with van der Waals surface area (Å²) in [7, 11) is 0. The zero-order valence-corrected chi connectivity index (χ0v) is 11.8. The Hall–Kier alpha value is -1.26. The minimum atomic E-state index is 0.125. The van der Waals surface area contributed by atoms with Crippen LogP contribution in [0.4, 0.5) is 0 Å². The molecule has 2 saturated heterocycles. The minimum absolute atomic E-state index is 0.125. The lowest BCUT2D eigenvalue weighted by Crippen LogP contribution is -2.46. The molecule has 1 N–H and O–H groups in total. The Balaban J connectivity index is 1.33. The highest BCUT2D eigenvalue weighted by atomic mass is 16.6. The van der Waals surface area contributed by atoms with Crippen molar-refractivity contribution in [1.29, 1.82) is 0 Å². The maximum absolute atomic E-state index is 6.00. The van der Waals surface area contributed by atoms with Gasteiger partial charge in [0, 0.05) is 25.2 Å². The molecule has 20 heavy (non-hydrogen) atoms. The van der Waals surface area contributed by atoms with Crippen molar-refractivity contribution in [2.45, 2.75) is 37.5 Å². The summed E-state index contributed by atoms with van der Waals surface area (Å²) in [6.07, 6.45) is 4.11. The van der Waals surface area contributed by atoms with Crippen molar-refractivity contribution in [3.8, 4) is 11.5 Å². The van der Waals surface area contributed by atoms with Crippen LogP contribution in [0.3, 0.4) is 0 Å². The molecule has 0 amide bonds. The molecule has 2 fully saturated rings. The first-order valence-corrected chi connectivity index (χ1v) is 7.76. The van der Waals surface area contributed by atoms with E-state index < -0.39 is 0 Å².